The standard InChI is InChI=1S/C10H18.C2H6.CH4/c1-8(2)10-5-3-4-9(6-10)7-10;1-2;/h8-9H,3-7H2,1-2H3;1-2H3;1H4. The van der Waals surface area contributed by atoms with E-state index >= 15 is 0 Å². The van der Waals surface area contributed by atoms with Gasteiger partial charge in [0.05, 0.1) is 0 Å². The predicted molar refractivity (Wildman–Crippen MR) is 61.9 cm³/mol. The first-order chi connectivity index (χ1) is 5.73. The lowest BCUT2D eigenvalue weighted by molar-refractivity contribution is -0.0448. The third-order valence-electron chi connectivity index (χ3n) is 3.90. The van der Waals surface area contributed by atoms with Crippen LogP contribution in [0.1, 0.15) is 67.2 Å². The second-order valence-electron chi connectivity index (χ2n) is 4.68. The Morgan fingerprint density at radius 2 is 1.69 bits per heavy atom. The first kappa shape index (κ1) is 13.0. The quantitative estimate of drug-likeness (QED) is 0.544. The van der Waals surface area contributed by atoms with Gasteiger partial charge in [0, 0.05) is 0 Å². The highest BCUT2D eigenvalue weighted by molar-refractivity contribution is 4.98. The van der Waals surface area contributed by atoms with Crippen molar-refractivity contribution < 1.29 is 0 Å². The second-order valence-corrected chi connectivity index (χ2v) is 4.68. The molecule has 0 aromatic heterocycles. The highest BCUT2D eigenvalue weighted by Crippen LogP contribution is 2.59. The van der Waals surface area contributed by atoms with Crippen LogP contribution >= 0.6 is 0 Å². The summed E-state index contributed by atoms with van der Waals surface area (Å²) in [4.78, 5) is 0. The van der Waals surface area contributed by atoms with Crippen molar-refractivity contribution in [3.8, 4) is 0 Å². The highest BCUT2D eigenvalue weighted by atomic mass is 14.5. The monoisotopic (exact) mass is 184 g/mol. The molecule has 2 bridgehead atoms. The minimum atomic E-state index is 0. The fourth-order valence-corrected chi connectivity index (χ4v) is 3.00. The van der Waals surface area contributed by atoms with Gasteiger partial charge in [-0.05, 0) is 36.5 Å². The molecule has 0 atom stereocenters. The smallest absolute Gasteiger partial charge is 0.0269 e. The Hall–Kier alpha value is 0. The molecule has 0 heterocycles. The van der Waals surface area contributed by atoms with E-state index in [0.717, 1.165) is 17.3 Å². The van der Waals surface area contributed by atoms with E-state index in [1.54, 1.807) is 12.8 Å². The van der Waals surface area contributed by atoms with Gasteiger partial charge < -0.3 is 0 Å². The molecule has 3 rings (SSSR count). The maximum atomic E-state index is 2.40. The molecule has 3 saturated carbocycles. The van der Waals surface area contributed by atoms with Crippen molar-refractivity contribution in [2.75, 3.05) is 0 Å². The lowest BCUT2D eigenvalue weighted by Crippen LogP contribution is -2.44. The first-order valence-corrected chi connectivity index (χ1v) is 5.73. The van der Waals surface area contributed by atoms with E-state index in [-0.39, 0.29) is 7.43 Å². The molecule has 13 heavy (non-hydrogen) atoms. The summed E-state index contributed by atoms with van der Waals surface area (Å²) < 4.78 is 0. The number of hydrogen-bond acceptors (Lipinski definition) is 0. The van der Waals surface area contributed by atoms with Crippen LogP contribution in [-0.4, -0.2) is 0 Å². The number of rotatable bonds is 1. The van der Waals surface area contributed by atoms with Gasteiger partial charge in [0.15, 0.2) is 0 Å². The SMILES string of the molecule is C.CC.CC(C)C12CCCC(C1)C2. The van der Waals surface area contributed by atoms with Crippen LogP contribution in [0.4, 0.5) is 0 Å². The Morgan fingerprint density at radius 1 is 1.15 bits per heavy atom. The normalized spacial score (nSPS) is 35.3. The zero-order chi connectivity index (χ0) is 9.19. The van der Waals surface area contributed by atoms with Crippen molar-refractivity contribution in [3.63, 3.8) is 0 Å². The fraction of sp³-hybridized carbons (Fsp3) is 1.00. The highest BCUT2D eigenvalue weighted by Gasteiger charge is 2.48. The Kier molecular flexibility index (Phi) is 5.02. The average Bonchev–Trinajstić information content (AvgIpc) is 2.07. The van der Waals surface area contributed by atoms with Crippen LogP contribution in [0.3, 0.4) is 0 Å². The van der Waals surface area contributed by atoms with Crippen molar-refractivity contribution in [3.05, 3.63) is 0 Å². The minimum Gasteiger partial charge on any atom is -0.0776 e. The van der Waals surface area contributed by atoms with Gasteiger partial charge in [-0.1, -0.05) is 48.0 Å². The van der Waals surface area contributed by atoms with Gasteiger partial charge in [-0.2, -0.15) is 0 Å². The summed E-state index contributed by atoms with van der Waals surface area (Å²) >= 11 is 0. The van der Waals surface area contributed by atoms with E-state index in [1.807, 2.05) is 13.8 Å². The molecule has 0 nitrogen and oxygen atoms in total. The zero-order valence-electron chi connectivity index (χ0n) is 9.19. The Labute approximate surface area is 85.1 Å². The van der Waals surface area contributed by atoms with Crippen molar-refractivity contribution in [1.29, 1.82) is 0 Å². The number of hydrogen-bond donors (Lipinski definition) is 0. The summed E-state index contributed by atoms with van der Waals surface area (Å²) in [6.45, 7) is 8.81. The van der Waals surface area contributed by atoms with Crippen LogP contribution in [0.2, 0.25) is 0 Å². The zero-order valence-corrected chi connectivity index (χ0v) is 9.19. The maximum Gasteiger partial charge on any atom is -0.0269 e. The van der Waals surface area contributed by atoms with Crippen molar-refractivity contribution in [2.45, 2.75) is 67.2 Å². The Balaban J connectivity index is 0.000000451. The van der Waals surface area contributed by atoms with Crippen molar-refractivity contribution in [2.24, 2.45) is 17.3 Å². The first-order valence-electron chi connectivity index (χ1n) is 5.73. The third kappa shape index (κ3) is 2.27. The molecule has 0 aromatic carbocycles. The predicted octanol–water partition coefficient (Wildman–Crippen LogP) is 4.89. The molecule has 3 aliphatic carbocycles. The molecule has 0 radical (unpaired) electrons. The molecule has 0 aromatic rings. The molecular formula is C13H28. The lowest BCUT2D eigenvalue weighted by atomic mass is 9.50. The van der Waals surface area contributed by atoms with Gasteiger partial charge >= 0.3 is 0 Å². The summed E-state index contributed by atoms with van der Waals surface area (Å²) in [5, 5.41) is 0. The summed E-state index contributed by atoms with van der Waals surface area (Å²) in [6.07, 6.45) is 7.70. The van der Waals surface area contributed by atoms with E-state index in [1.165, 1.54) is 19.3 Å². The van der Waals surface area contributed by atoms with Gasteiger partial charge in [-0.15, -0.1) is 0 Å². The maximum absolute atomic E-state index is 2.40. The summed E-state index contributed by atoms with van der Waals surface area (Å²) in [6, 6.07) is 0. The van der Waals surface area contributed by atoms with E-state index < -0.39 is 0 Å². The van der Waals surface area contributed by atoms with Gasteiger partial charge in [0.2, 0.25) is 0 Å². The Morgan fingerprint density at radius 3 is 1.92 bits per heavy atom. The van der Waals surface area contributed by atoms with Crippen LogP contribution < -0.4 is 0 Å². The topological polar surface area (TPSA) is 0 Å². The molecule has 0 saturated heterocycles. The molecule has 0 amide bonds. The molecule has 0 unspecified atom stereocenters. The summed E-state index contributed by atoms with van der Waals surface area (Å²) in [7, 11) is 0. The van der Waals surface area contributed by atoms with Crippen molar-refractivity contribution in [1.82, 2.24) is 0 Å². The van der Waals surface area contributed by atoms with Crippen LogP contribution in [0, 0.1) is 17.3 Å². The van der Waals surface area contributed by atoms with Crippen molar-refractivity contribution >= 4 is 0 Å². The largest absolute Gasteiger partial charge is 0.0776 e. The molecular weight excluding hydrogens is 156 g/mol. The Bertz CT molecular complexity index is 123. The van der Waals surface area contributed by atoms with Crippen LogP contribution in [-0.2, 0) is 0 Å². The third-order valence-corrected chi connectivity index (χ3v) is 3.90. The molecule has 0 heteroatoms. The van der Waals surface area contributed by atoms with E-state index in [0.29, 0.717) is 0 Å². The molecule has 80 valence electrons. The fourth-order valence-electron chi connectivity index (χ4n) is 3.00. The molecule has 0 aliphatic heterocycles. The van der Waals surface area contributed by atoms with E-state index in [4.69, 9.17) is 0 Å². The van der Waals surface area contributed by atoms with Crippen LogP contribution in [0.5, 0.6) is 0 Å². The van der Waals surface area contributed by atoms with Gasteiger partial charge in [-0.25, -0.2) is 0 Å². The van der Waals surface area contributed by atoms with Crippen LogP contribution in [0.25, 0.3) is 0 Å². The molecule has 3 aliphatic rings. The molecule has 0 N–H and O–H groups in total. The molecule has 3 fully saturated rings. The van der Waals surface area contributed by atoms with Crippen LogP contribution in [0.15, 0.2) is 0 Å². The average molecular weight is 184 g/mol. The van der Waals surface area contributed by atoms with Gasteiger partial charge in [0.25, 0.3) is 0 Å². The minimum absolute atomic E-state index is 0. The summed E-state index contributed by atoms with van der Waals surface area (Å²) in [5.74, 6) is 2.08. The van der Waals surface area contributed by atoms with E-state index in [2.05, 4.69) is 13.8 Å². The van der Waals surface area contributed by atoms with Gasteiger partial charge in [0.1, 0.15) is 0 Å². The number of fused-ring (bicyclic) bond motifs is 2. The second kappa shape index (κ2) is 5.02. The summed E-state index contributed by atoms with van der Waals surface area (Å²) in [5.41, 5.74) is 0.822. The van der Waals surface area contributed by atoms with E-state index in [9.17, 15) is 0 Å². The van der Waals surface area contributed by atoms with Gasteiger partial charge in [-0.3, -0.25) is 0 Å². The lowest BCUT2D eigenvalue weighted by Gasteiger charge is -2.55. The molecule has 0 spiro atoms.